The van der Waals surface area contributed by atoms with Gasteiger partial charge in [-0.1, -0.05) is 6.07 Å². The first-order valence-electron chi connectivity index (χ1n) is 6.55. The predicted molar refractivity (Wildman–Crippen MR) is 76.1 cm³/mol. The number of halogens is 3. The Kier molecular flexibility index (Phi) is 3.78. The molecule has 6 nitrogen and oxygen atoms in total. The molecule has 0 spiro atoms. The SMILES string of the molecule is Cc1cc(-c2ccc3c(c2)OCO3)cc(OS(=O)(=O)C(F)(F)F)n1. The summed E-state index contributed by atoms with van der Waals surface area (Å²) in [5.74, 6) is 0.355. The fourth-order valence-electron chi connectivity index (χ4n) is 2.08. The van der Waals surface area contributed by atoms with Gasteiger partial charge in [-0.2, -0.15) is 21.6 Å². The van der Waals surface area contributed by atoms with Crippen LogP contribution in [0.5, 0.6) is 17.4 Å². The Balaban J connectivity index is 1.98. The van der Waals surface area contributed by atoms with E-state index in [1.54, 1.807) is 24.3 Å². The topological polar surface area (TPSA) is 74.7 Å². The van der Waals surface area contributed by atoms with E-state index >= 15 is 0 Å². The van der Waals surface area contributed by atoms with Gasteiger partial charge in [0.15, 0.2) is 11.5 Å². The lowest BCUT2D eigenvalue weighted by molar-refractivity contribution is -0.0501. The molecule has 1 aromatic heterocycles. The van der Waals surface area contributed by atoms with Gasteiger partial charge in [0, 0.05) is 11.8 Å². The van der Waals surface area contributed by atoms with E-state index in [9.17, 15) is 21.6 Å². The number of ether oxygens (including phenoxy) is 2. The zero-order valence-corrected chi connectivity index (χ0v) is 12.9. The van der Waals surface area contributed by atoms with Crippen LogP contribution in [0.2, 0.25) is 0 Å². The van der Waals surface area contributed by atoms with Gasteiger partial charge >= 0.3 is 15.6 Å². The van der Waals surface area contributed by atoms with E-state index in [-0.39, 0.29) is 12.5 Å². The molecule has 128 valence electrons. The number of nitrogens with zero attached hydrogens (tertiary/aromatic N) is 1. The molecule has 0 fully saturated rings. The fourth-order valence-corrected chi connectivity index (χ4v) is 2.49. The van der Waals surface area contributed by atoms with Crippen LogP contribution >= 0.6 is 0 Å². The van der Waals surface area contributed by atoms with E-state index < -0.39 is 21.5 Å². The summed E-state index contributed by atoms with van der Waals surface area (Å²) in [6, 6.07) is 7.60. The number of alkyl halides is 3. The fraction of sp³-hybridized carbons (Fsp3) is 0.214. The third kappa shape index (κ3) is 3.09. The number of aromatic nitrogens is 1. The maximum atomic E-state index is 12.4. The number of hydrogen-bond acceptors (Lipinski definition) is 6. The first kappa shape index (κ1) is 16.4. The first-order chi connectivity index (χ1) is 11.2. The lowest BCUT2D eigenvalue weighted by atomic mass is 10.1. The van der Waals surface area contributed by atoms with E-state index in [0.29, 0.717) is 22.6 Å². The highest BCUT2D eigenvalue weighted by molar-refractivity contribution is 7.87. The molecule has 1 aromatic carbocycles. The van der Waals surface area contributed by atoms with Crippen molar-refractivity contribution in [3.63, 3.8) is 0 Å². The third-order valence-corrected chi connectivity index (χ3v) is 4.07. The molecular formula is C14H10F3NO5S. The highest BCUT2D eigenvalue weighted by Crippen LogP contribution is 2.37. The number of benzene rings is 1. The summed E-state index contributed by atoms with van der Waals surface area (Å²) in [4.78, 5) is 3.67. The van der Waals surface area contributed by atoms with E-state index in [4.69, 9.17) is 9.47 Å². The van der Waals surface area contributed by atoms with E-state index in [1.165, 1.54) is 6.92 Å². The van der Waals surface area contributed by atoms with Gasteiger partial charge in [-0.3, -0.25) is 0 Å². The van der Waals surface area contributed by atoms with Crippen LogP contribution in [0.1, 0.15) is 5.69 Å². The second kappa shape index (κ2) is 5.55. The molecule has 2 aromatic rings. The minimum Gasteiger partial charge on any atom is -0.454 e. The molecule has 2 heterocycles. The van der Waals surface area contributed by atoms with Crippen molar-refractivity contribution in [2.24, 2.45) is 0 Å². The van der Waals surface area contributed by atoms with Gasteiger partial charge in [-0.25, -0.2) is 4.98 Å². The van der Waals surface area contributed by atoms with Gasteiger partial charge in [0.1, 0.15) is 0 Å². The summed E-state index contributed by atoms with van der Waals surface area (Å²) in [5, 5.41) is 0. The smallest absolute Gasteiger partial charge is 0.454 e. The molecule has 0 aliphatic carbocycles. The molecule has 1 aliphatic heterocycles. The molecule has 0 atom stereocenters. The average molecular weight is 361 g/mol. The van der Waals surface area contributed by atoms with Crippen LogP contribution in [0.25, 0.3) is 11.1 Å². The highest BCUT2D eigenvalue weighted by atomic mass is 32.2. The number of pyridine rings is 1. The Labute approximate surface area is 134 Å². The van der Waals surface area contributed by atoms with Gasteiger partial charge in [0.05, 0.1) is 0 Å². The third-order valence-electron chi connectivity index (χ3n) is 3.11. The van der Waals surface area contributed by atoms with Gasteiger partial charge in [-0.15, -0.1) is 0 Å². The van der Waals surface area contributed by atoms with Crippen molar-refractivity contribution >= 4 is 10.1 Å². The number of hydrogen-bond donors (Lipinski definition) is 0. The second-order valence-electron chi connectivity index (χ2n) is 4.89. The number of rotatable bonds is 3. The Morgan fingerprint density at radius 2 is 1.79 bits per heavy atom. The highest BCUT2D eigenvalue weighted by Gasteiger charge is 2.48. The van der Waals surface area contributed by atoms with Crippen LogP contribution in [-0.2, 0) is 10.1 Å². The van der Waals surface area contributed by atoms with Gasteiger partial charge < -0.3 is 13.7 Å². The Hall–Kier alpha value is -2.49. The summed E-state index contributed by atoms with van der Waals surface area (Å²) in [6.45, 7) is 1.58. The van der Waals surface area contributed by atoms with Gasteiger partial charge in [-0.05, 0) is 36.2 Å². The van der Waals surface area contributed by atoms with Crippen molar-refractivity contribution in [1.29, 1.82) is 0 Å². The number of aryl methyl sites for hydroxylation is 1. The normalized spacial score (nSPS) is 13.8. The Morgan fingerprint density at radius 1 is 1.08 bits per heavy atom. The summed E-state index contributed by atoms with van der Waals surface area (Å²) in [6.07, 6.45) is 0. The standard InChI is InChI=1S/C14H10F3NO5S/c1-8-4-10(9-2-3-11-12(5-9)22-7-21-11)6-13(18-8)23-24(19,20)14(15,16)17/h2-6H,7H2,1H3. The van der Waals surface area contributed by atoms with Crippen molar-refractivity contribution in [1.82, 2.24) is 4.98 Å². The molecule has 0 N–H and O–H groups in total. The van der Waals surface area contributed by atoms with Crippen LogP contribution in [0.4, 0.5) is 13.2 Å². The van der Waals surface area contributed by atoms with Crippen molar-refractivity contribution in [3.8, 4) is 28.5 Å². The summed E-state index contributed by atoms with van der Waals surface area (Å²) < 4.78 is 74.0. The molecular weight excluding hydrogens is 351 g/mol. The van der Waals surface area contributed by atoms with Crippen molar-refractivity contribution in [2.45, 2.75) is 12.4 Å². The summed E-state index contributed by atoms with van der Waals surface area (Å²) >= 11 is 0. The zero-order chi connectivity index (χ0) is 17.5. The van der Waals surface area contributed by atoms with Crippen LogP contribution in [0.15, 0.2) is 30.3 Å². The molecule has 0 amide bonds. The minimum absolute atomic E-state index is 0.0757. The molecule has 0 bridgehead atoms. The predicted octanol–water partition coefficient (Wildman–Crippen LogP) is 3.01. The van der Waals surface area contributed by atoms with Crippen LogP contribution in [-0.4, -0.2) is 25.7 Å². The van der Waals surface area contributed by atoms with Gasteiger partial charge in [0.2, 0.25) is 12.7 Å². The van der Waals surface area contributed by atoms with Crippen LogP contribution in [0.3, 0.4) is 0 Å². The molecule has 0 unspecified atom stereocenters. The molecule has 0 saturated heterocycles. The van der Waals surface area contributed by atoms with Crippen molar-refractivity contribution in [2.75, 3.05) is 6.79 Å². The summed E-state index contributed by atoms with van der Waals surface area (Å²) in [5.41, 5.74) is -4.23. The molecule has 0 saturated carbocycles. The van der Waals surface area contributed by atoms with Crippen LogP contribution < -0.4 is 13.7 Å². The quantitative estimate of drug-likeness (QED) is 0.618. The average Bonchev–Trinajstić information content (AvgIpc) is 2.92. The molecule has 10 heteroatoms. The summed E-state index contributed by atoms with van der Waals surface area (Å²) in [7, 11) is -5.78. The van der Waals surface area contributed by atoms with Crippen molar-refractivity contribution < 1.29 is 35.2 Å². The number of fused-ring (bicyclic) bond motifs is 1. The lowest BCUT2D eigenvalue weighted by Gasteiger charge is -2.11. The Morgan fingerprint density at radius 3 is 2.50 bits per heavy atom. The maximum Gasteiger partial charge on any atom is 0.534 e. The molecule has 24 heavy (non-hydrogen) atoms. The van der Waals surface area contributed by atoms with Crippen molar-refractivity contribution in [3.05, 3.63) is 36.0 Å². The Bertz CT molecular complexity index is 896. The molecule has 1 aliphatic rings. The minimum atomic E-state index is -5.78. The maximum absolute atomic E-state index is 12.4. The van der Waals surface area contributed by atoms with Crippen LogP contribution in [0, 0.1) is 6.92 Å². The first-order valence-corrected chi connectivity index (χ1v) is 7.96. The second-order valence-corrected chi connectivity index (χ2v) is 6.42. The van der Waals surface area contributed by atoms with Gasteiger partial charge in [0.25, 0.3) is 0 Å². The monoisotopic (exact) mass is 361 g/mol. The lowest BCUT2D eigenvalue weighted by Crippen LogP contribution is -2.28. The zero-order valence-electron chi connectivity index (χ0n) is 12.1. The van der Waals surface area contributed by atoms with E-state index in [0.717, 1.165) is 6.07 Å². The van der Waals surface area contributed by atoms with E-state index in [2.05, 4.69) is 9.17 Å². The van der Waals surface area contributed by atoms with E-state index in [1.807, 2.05) is 0 Å². The molecule has 0 radical (unpaired) electrons. The molecule has 3 rings (SSSR count). The largest absolute Gasteiger partial charge is 0.534 e.